The normalized spacial score (nSPS) is 11.5. The number of fused-ring (bicyclic) bond motifs is 1. The molecule has 1 aromatic carbocycles. The van der Waals surface area contributed by atoms with Crippen LogP contribution in [0.4, 0.5) is 5.88 Å². The minimum atomic E-state index is 0.325. The fourth-order valence-electron chi connectivity index (χ4n) is 1.78. The average Bonchev–Trinajstić information content (AvgIpc) is 2.93. The summed E-state index contributed by atoms with van der Waals surface area (Å²) in [6.45, 7) is 4.30. The van der Waals surface area contributed by atoms with Gasteiger partial charge in [0.15, 0.2) is 0 Å². The van der Waals surface area contributed by atoms with E-state index in [0.29, 0.717) is 11.8 Å². The van der Waals surface area contributed by atoms with Gasteiger partial charge in [-0.25, -0.2) is 4.98 Å². The van der Waals surface area contributed by atoms with Crippen molar-refractivity contribution in [2.45, 2.75) is 19.8 Å². The van der Waals surface area contributed by atoms with E-state index in [1.54, 1.807) is 17.4 Å². The number of anilines is 1. The molecule has 2 aromatic heterocycles. The lowest BCUT2D eigenvalue weighted by Gasteiger charge is -1.95. The second-order valence-electron chi connectivity index (χ2n) is 4.50. The molecular weight excluding hydrogens is 246 g/mol. The molecular formula is C13H13N3OS. The monoisotopic (exact) mass is 259 g/mol. The van der Waals surface area contributed by atoms with Gasteiger partial charge >= 0.3 is 0 Å². The standard InChI is InChI=1S/C13H13N3OS/c1-7(2)13-15-10-5-8(3-4-11(10)18-13)9-6-12(14)17-16-9/h3-7H,14H2,1-2H3. The van der Waals surface area contributed by atoms with Crippen molar-refractivity contribution < 1.29 is 4.52 Å². The molecule has 0 bridgehead atoms. The van der Waals surface area contributed by atoms with Crippen LogP contribution in [-0.2, 0) is 0 Å². The number of nitrogens with zero attached hydrogens (tertiary/aromatic N) is 2. The summed E-state index contributed by atoms with van der Waals surface area (Å²) in [5.74, 6) is 0.778. The molecule has 0 aliphatic carbocycles. The van der Waals surface area contributed by atoms with Gasteiger partial charge in [0, 0.05) is 17.5 Å². The van der Waals surface area contributed by atoms with Crippen molar-refractivity contribution in [3.8, 4) is 11.3 Å². The molecule has 2 N–H and O–H groups in total. The third-order valence-electron chi connectivity index (χ3n) is 2.72. The molecule has 4 nitrogen and oxygen atoms in total. The van der Waals surface area contributed by atoms with Gasteiger partial charge in [-0.3, -0.25) is 0 Å². The van der Waals surface area contributed by atoms with E-state index in [2.05, 4.69) is 30.1 Å². The first kappa shape index (κ1) is 11.2. The van der Waals surface area contributed by atoms with E-state index in [-0.39, 0.29) is 0 Å². The van der Waals surface area contributed by atoms with Gasteiger partial charge in [-0.1, -0.05) is 25.1 Å². The highest BCUT2D eigenvalue weighted by molar-refractivity contribution is 7.18. The number of hydrogen-bond acceptors (Lipinski definition) is 5. The summed E-state index contributed by atoms with van der Waals surface area (Å²) in [5, 5.41) is 5.06. The largest absolute Gasteiger partial charge is 0.368 e. The molecule has 2 heterocycles. The van der Waals surface area contributed by atoms with Crippen LogP contribution in [0.25, 0.3) is 21.5 Å². The summed E-state index contributed by atoms with van der Waals surface area (Å²) in [5.41, 5.74) is 8.25. The van der Waals surface area contributed by atoms with E-state index in [0.717, 1.165) is 21.8 Å². The molecule has 18 heavy (non-hydrogen) atoms. The van der Waals surface area contributed by atoms with Gasteiger partial charge in [0.1, 0.15) is 5.69 Å². The number of aromatic nitrogens is 2. The molecule has 0 saturated heterocycles. The van der Waals surface area contributed by atoms with E-state index >= 15 is 0 Å². The van der Waals surface area contributed by atoms with E-state index in [4.69, 9.17) is 10.3 Å². The average molecular weight is 259 g/mol. The van der Waals surface area contributed by atoms with Gasteiger partial charge in [0.2, 0.25) is 5.88 Å². The predicted octanol–water partition coefficient (Wildman–Crippen LogP) is 3.66. The second-order valence-corrected chi connectivity index (χ2v) is 5.57. The number of hydrogen-bond donors (Lipinski definition) is 1. The molecule has 0 radical (unpaired) electrons. The zero-order valence-electron chi connectivity index (χ0n) is 10.2. The maximum Gasteiger partial charge on any atom is 0.222 e. The van der Waals surface area contributed by atoms with Crippen LogP contribution in [-0.4, -0.2) is 10.1 Å². The summed E-state index contributed by atoms with van der Waals surface area (Å²) in [6, 6.07) is 7.83. The SMILES string of the molecule is CC(C)c1nc2cc(-c3cc(N)on3)ccc2s1. The molecule has 0 amide bonds. The number of benzene rings is 1. The number of nitrogen functional groups attached to an aromatic ring is 1. The van der Waals surface area contributed by atoms with Gasteiger partial charge in [-0.15, -0.1) is 11.3 Å². The smallest absolute Gasteiger partial charge is 0.222 e. The molecule has 3 rings (SSSR count). The maximum absolute atomic E-state index is 5.53. The summed E-state index contributed by atoms with van der Waals surface area (Å²) in [4.78, 5) is 4.63. The third-order valence-corrected chi connectivity index (χ3v) is 4.06. The van der Waals surface area contributed by atoms with Crippen LogP contribution in [0, 0.1) is 0 Å². The van der Waals surface area contributed by atoms with E-state index in [9.17, 15) is 0 Å². The van der Waals surface area contributed by atoms with Crippen LogP contribution in [0.15, 0.2) is 28.8 Å². The molecule has 5 heteroatoms. The van der Waals surface area contributed by atoms with Crippen molar-refractivity contribution in [1.29, 1.82) is 0 Å². The Labute approximate surface area is 108 Å². The van der Waals surface area contributed by atoms with E-state index in [1.165, 1.54) is 4.70 Å². The first-order valence-electron chi connectivity index (χ1n) is 5.76. The van der Waals surface area contributed by atoms with Crippen LogP contribution in [0.1, 0.15) is 24.8 Å². The zero-order valence-corrected chi connectivity index (χ0v) is 11.0. The first-order valence-corrected chi connectivity index (χ1v) is 6.58. The molecule has 0 aliphatic heterocycles. The zero-order chi connectivity index (χ0) is 12.7. The summed E-state index contributed by atoms with van der Waals surface area (Å²) >= 11 is 1.73. The fourth-order valence-corrected chi connectivity index (χ4v) is 2.73. The van der Waals surface area contributed by atoms with E-state index in [1.807, 2.05) is 12.1 Å². The Bertz CT molecular complexity index is 699. The van der Waals surface area contributed by atoms with E-state index < -0.39 is 0 Å². The minimum Gasteiger partial charge on any atom is -0.368 e. The topological polar surface area (TPSA) is 64.9 Å². The molecule has 0 fully saturated rings. The van der Waals surface area contributed by atoms with Gasteiger partial charge < -0.3 is 10.3 Å². The lowest BCUT2D eigenvalue weighted by atomic mass is 10.1. The molecule has 0 saturated carbocycles. The highest BCUT2D eigenvalue weighted by Crippen LogP contribution is 2.30. The highest BCUT2D eigenvalue weighted by Gasteiger charge is 2.10. The van der Waals surface area contributed by atoms with Gasteiger partial charge in [0.25, 0.3) is 0 Å². The molecule has 3 aromatic rings. The Kier molecular flexibility index (Phi) is 2.56. The van der Waals surface area contributed by atoms with Crippen molar-refractivity contribution in [3.63, 3.8) is 0 Å². The van der Waals surface area contributed by atoms with Crippen LogP contribution in [0.2, 0.25) is 0 Å². The predicted molar refractivity (Wildman–Crippen MR) is 73.6 cm³/mol. The van der Waals surface area contributed by atoms with Crippen molar-refractivity contribution >= 4 is 27.4 Å². The third kappa shape index (κ3) is 1.86. The Morgan fingerprint density at radius 3 is 2.78 bits per heavy atom. The fraction of sp³-hybridized carbons (Fsp3) is 0.231. The summed E-state index contributed by atoms with van der Waals surface area (Å²) in [6.07, 6.45) is 0. The Morgan fingerprint density at radius 1 is 1.28 bits per heavy atom. The molecule has 0 atom stereocenters. The van der Waals surface area contributed by atoms with Gasteiger partial charge in [0.05, 0.1) is 15.2 Å². The first-order chi connectivity index (χ1) is 8.63. The Hall–Kier alpha value is -1.88. The number of rotatable bonds is 2. The van der Waals surface area contributed by atoms with Crippen LogP contribution < -0.4 is 5.73 Å². The van der Waals surface area contributed by atoms with Crippen LogP contribution in [0.5, 0.6) is 0 Å². The van der Waals surface area contributed by atoms with Crippen molar-refractivity contribution in [1.82, 2.24) is 10.1 Å². The van der Waals surface area contributed by atoms with Gasteiger partial charge in [-0.2, -0.15) is 0 Å². The van der Waals surface area contributed by atoms with Crippen LogP contribution >= 0.6 is 11.3 Å². The molecule has 0 aliphatic rings. The lowest BCUT2D eigenvalue weighted by Crippen LogP contribution is -1.83. The number of thiazole rings is 1. The summed E-state index contributed by atoms with van der Waals surface area (Å²) < 4.78 is 6.08. The minimum absolute atomic E-state index is 0.325. The maximum atomic E-state index is 5.53. The lowest BCUT2D eigenvalue weighted by molar-refractivity contribution is 0.439. The van der Waals surface area contributed by atoms with Crippen molar-refractivity contribution in [2.24, 2.45) is 0 Å². The Morgan fingerprint density at radius 2 is 2.11 bits per heavy atom. The van der Waals surface area contributed by atoms with Crippen LogP contribution in [0.3, 0.4) is 0 Å². The number of nitrogens with two attached hydrogens (primary N) is 1. The second kappa shape index (κ2) is 4.10. The molecule has 0 spiro atoms. The van der Waals surface area contributed by atoms with Crippen molar-refractivity contribution in [2.75, 3.05) is 5.73 Å². The quantitative estimate of drug-likeness (QED) is 0.762. The summed E-state index contributed by atoms with van der Waals surface area (Å²) in [7, 11) is 0. The molecule has 92 valence electrons. The molecule has 0 unspecified atom stereocenters. The Balaban J connectivity index is 2.10. The van der Waals surface area contributed by atoms with Crippen molar-refractivity contribution in [3.05, 3.63) is 29.3 Å². The highest BCUT2D eigenvalue weighted by atomic mass is 32.1. The van der Waals surface area contributed by atoms with Gasteiger partial charge in [-0.05, 0) is 12.1 Å².